The number of aromatic hydroxyl groups is 1. The molecule has 0 unspecified atom stereocenters. The van der Waals surface area contributed by atoms with Crippen LogP contribution in [0.3, 0.4) is 0 Å². The third kappa shape index (κ3) is 5.69. The average Bonchev–Trinajstić information content (AvgIpc) is 2.95. The molecule has 2 aliphatic rings. The molecule has 2 N–H and O–H groups in total. The fraction of sp³-hybridized carbons (Fsp3) is 0.323. The number of anilines is 1. The molecule has 10 heteroatoms. The van der Waals surface area contributed by atoms with Crippen LogP contribution in [0.2, 0.25) is 0 Å². The summed E-state index contributed by atoms with van der Waals surface area (Å²) in [4.78, 5) is 30.0. The number of carbonyl (C=O) groups excluding carboxylic acids is 1. The van der Waals surface area contributed by atoms with Gasteiger partial charge in [0.2, 0.25) is 21.6 Å². The summed E-state index contributed by atoms with van der Waals surface area (Å²) in [6, 6.07) is 16.8. The minimum atomic E-state index is -4.13. The minimum Gasteiger partial charge on any atom is -0.507 e. The first-order chi connectivity index (χ1) is 19.7. The Hall–Kier alpha value is -4.20. The first-order valence-electron chi connectivity index (χ1n) is 13.7. The first-order valence-corrected chi connectivity index (χ1v) is 15.1. The topological polar surface area (TPSA) is 120 Å². The molecule has 9 nitrogen and oxygen atoms in total. The molecular formula is C31H31N3O6S. The molecule has 2 fully saturated rings. The fourth-order valence-electron chi connectivity index (χ4n) is 5.65. The van der Waals surface area contributed by atoms with Gasteiger partial charge in [-0.25, -0.2) is 18.1 Å². The Morgan fingerprint density at radius 2 is 1.68 bits per heavy atom. The number of hydrogen-bond acceptors (Lipinski definition) is 5. The maximum atomic E-state index is 14.0. The second-order valence-electron chi connectivity index (χ2n) is 10.5. The molecule has 3 aromatic rings. The van der Waals surface area contributed by atoms with Crippen molar-refractivity contribution in [1.29, 1.82) is 0 Å². The highest BCUT2D eigenvalue weighted by molar-refractivity contribution is 7.89. The van der Waals surface area contributed by atoms with Crippen molar-refractivity contribution in [2.45, 2.75) is 61.9 Å². The zero-order chi connectivity index (χ0) is 29.1. The number of nitrogens with zero attached hydrogens (tertiary/aromatic N) is 3. The zero-order valence-electron chi connectivity index (χ0n) is 22.4. The number of carbonyl (C=O) groups is 2. The zero-order valence-corrected chi connectivity index (χ0v) is 23.3. The molecule has 1 atom stereocenters. The van der Waals surface area contributed by atoms with Crippen molar-refractivity contribution in [3.05, 3.63) is 94.8 Å². The number of carboxylic acid groups (broad SMARTS) is 1. The van der Waals surface area contributed by atoms with E-state index in [1.165, 1.54) is 66.1 Å². The van der Waals surface area contributed by atoms with E-state index in [0.29, 0.717) is 5.92 Å². The minimum absolute atomic E-state index is 0.0188. The number of phenols is 1. The summed E-state index contributed by atoms with van der Waals surface area (Å²) in [5.74, 6) is -1.79. The maximum absolute atomic E-state index is 14.0. The van der Waals surface area contributed by atoms with Crippen LogP contribution < -0.4 is 4.90 Å². The van der Waals surface area contributed by atoms with E-state index >= 15 is 0 Å². The molecule has 3 aromatic carbocycles. The summed E-state index contributed by atoms with van der Waals surface area (Å²) >= 11 is 0. The van der Waals surface area contributed by atoms with Crippen molar-refractivity contribution in [1.82, 2.24) is 4.31 Å². The van der Waals surface area contributed by atoms with Crippen LogP contribution >= 0.6 is 0 Å². The number of carboxylic acids is 1. The van der Waals surface area contributed by atoms with Gasteiger partial charge in [-0.1, -0.05) is 67.8 Å². The SMILES string of the molecule is [C-]#[N+]c1ccccc1S(=O)(=O)N1CC[C@@H]1C(=O)N(Cc1ccc(C2CCCCC2)cc1)c1ccc(C(=O)O)c(O)c1. The molecule has 0 aromatic heterocycles. The molecule has 0 radical (unpaired) electrons. The van der Waals surface area contributed by atoms with E-state index in [0.717, 1.165) is 22.7 Å². The lowest BCUT2D eigenvalue weighted by atomic mass is 9.84. The van der Waals surface area contributed by atoms with Crippen LogP contribution in [-0.4, -0.2) is 47.4 Å². The molecule has 5 rings (SSSR count). The van der Waals surface area contributed by atoms with E-state index in [4.69, 9.17) is 6.57 Å². The van der Waals surface area contributed by atoms with Gasteiger partial charge in [-0.3, -0.25) is 4.79 Å². The molecule has 1 saturated carbocycles. The molecule has 1 amide bonds. The predicted molar refractivity (Wildman–Crippen MR) is 154 cm³/mol. The number of sulfonamides is 1. The lowest BCUT2D eigenvalue weighted by Crippen LogP contribution is -2.58. The summed E-state index contributed by atoms with van der Waals surface area (Å²) in [5, 5.41) is 19.7. The van der Waals surface area contributed by atoms with E-state index in [1.54, 1.807) is 6.07 Å². The van der Waals surface area contributed by atoms with Crippen LogP contribution in [0.25, 0.3) is 4.85 Å². The van der Waals surface area contributed by atoms with Crippen molar-refractivity contribution in [3.8, 4) is 5.75 Å². The van der Waals surface area contributed by atoms with Crippen LogP contribution in [0.5, 0.6) is 5.75 Å². The third-order valence-corrected chi connectivity index (χ3v) is 9.97. The number of hydrogen-bond donors (Lipinski definition) is 2. The van der Waals surface area contributed by atoms with Crippen molar-refractivity contribution in [2.75, 3.05) is 11.4 Å². The average molecular weight is 574 g/mol. The Morgan fingerprint density at radius 1 is 0.976 bits per heavy atom. The van der Waals surface area contributed by atoms with Crippen molar-refractivity contribution in [2.24, 2.45) is 0 Å². The fourth-order valence-corrected chi connectivity index (χ4v) is 7.41. The van der Waals surface area contributed by atoms with Gasteiger partial charge in [-0.05, 0) is 48.4 Å². The molecule has 0 bridgehead atoms. The van der Waals surface area contributed by atoms with E-state index in [-0.39, 0.29) is 41.3 Å². The van der Waals surface area contributed by atoms with Gasteiger partial charge in [-0.15, -0.1) is 0 Å². The maximum Gasteiger partial charge on any atom is 0.339 e. The molecule has 41 heavy (non-hydrogen) atoms. The summed E-state index contributed by atoms with van der Waals surface area (Å²) < 4.78 is 28.1. The lowest BCUT2D eigenvalue weighted by Gasteiger charge is -2.41. The largest absolute Gasteiger partial charge is 0.507 e. The smallest absolute Gasteiger partial charge is 0.339 e. The molecule has 0 spiro atoms. The number of rotatable bonds is 8. The van der Waals surface area contributed by atoms with E-state index in [9.17, 15) is 28.2 Å². The van der Waals surface area contributed by atoms with Gasteiger partial charge in [0.15, 0.2) is 0 Å². The molecule has 1 saturated heterocycles. The van der Waals surface area contributed by atoms with Crippen LogP contribution in [0, 0.1) is 6.57 Å². The second kappa shape index (κ2) is 11.7. The highest BCUT2D eigenvalue weighted by Crippen LogP contribution is 2.36. The third-order valence-electron chi connectivity index (χ3n) is 8.01. The van der Waals surface area contributed by atoms with Gasteiger partial charge in [0.05, 0.1) is 18.0 Å². The molecule has 1 heterocycles. The first kappa shape index (κ1) is 28.3. The summed E-state index contributed by atoms with van der Waals surface area (Å²) in [5.41, 5.74) is 1.99. The summed E-state index contributed by atoms with van der Waals surface area (Å²) in [7, 11) is -4.13. The highest BCUT2D eigenvalue weighted by Gasteiger charge is 2.45. The Morgan fingerprint density at radius 3 is 2.29 bits per heavy atom. The molecule has 1 aliphatic heterocycles. The van der Waals surface area contributed by atoms with Gasteiger partial charge in [-0.2, -0.15) is 4.31 Å². The van der Waals surface area contributed by atoms with Crippen LogP contribution in [0.1, 0.15) is 65.9 Å². The second-order valence-corrected chi connectivity index (χ2v) is 12.4. The Labute approximate surface area is 239 Å². The number of aromatic carboxylic acids is 1. The van der Waals surface area contributed by atoms with Gasteiger partial charge in [0.1, 0.15) is 17.4 Å². The van der Waals surface area contributed by atoms with Crippen LogP contribution in [0.4, 0.5) is 11.4 Å². The normalized spacial score (nSPS) is 17.8. The number of amides is 1. The van der Waals surface area contributed by atoms with E-state index < -0.39 is 33.7 Å². The van der Waals surface area contributed by atoms with Gasteiger partial charge < -0.3 is 15.1 Å². The molecule has 212 valence electrons. The van der Waals surface area contributed by atoms with E-state index in [2.05, 4.69) is 17.0 Å². The van der Waals surface area contributed by atoms with Crippen molar-refractivity contribution < 1.29 is 28.2 Å². The van der Waals surface area contributed by atoms with Crippen molar-refractivity contribution in [3.63, 3.8) is 0 Å². The van der Waals surface area contributed by atoms with Crippen molar-refractivity contribution >= 4 is 33.3 Å². The standard InChI is InChI=1S/C31H31N3O6S/c1-32-26-9-5-6-10-29(26)41(39,40)34-18-17-27(34)30(36)33(24-15-16-25(31(37)38)28(35)19-24)20-21-11-13-23(14-12-21)22-7-3-2-4-8-22/h5-6,9-16,19,22,27,35H,2-4,7-8,17-18,20H2,(H,37,38)/t27-/m1/s1. The molecular weight excluding hydrogens is 542 g/mol. The van der Waals surface area contributed by atoms with Gasteiger partial charge >= 0.3 is 5.97 Å². The number of benzene rings is 3. The summed E-state index contributed by atoms with van der Waals surface area (Å²) in [6.45, 7) is 7.59. The Kier molecular flexibility index (Phi) is 8.10. The van der Waals surface area contributed by atoms with Crippen LogP contribution in [-0.2, 0) is 21.4 Å². The Balaban J connectivity index is 1.45. The number of para-hydroxylation sites is 1. The monoisotopic (exact) mass is 573 g/mol. The van der Waals surface area contributed by atoms with Gasteiger partial charge in [0.25, 0.3) is 0 Å². The predicted octanol–water partition coefficient (Wildman–Crippen LogP) is 5.69. The highest BCUT2D eigenvalue weighted by atomic mass is 32.2. The van der Waals surface area contributed by atoms with E-state index in [1.807, 2.05) is 12.1 Å². The van der Waals surface area contributed by atoms with Crippen LogP contribution in [0.15, 0.2) is 71.6 Å². The Bertz CT molecular complexity index is 1610. The lowest BCUT2D eigenvalue weighted by molar-refractivity contribution is -0.125. The summed E-state index contributed by atoms with van der Waals surface area (Å²) in [6.07, 6.45) is 6.28. The van der Waals surface area contributed by atoms with Gasteiger partial charge in [0, 0.05) is 18.3 Å². The quantitative estimate of drug-likeness (QED) is 0.335. The molecule has 1 aliphatic carbocycles.